The largest absolute Gasteiger partial charge is 0.192 e. The molecule has 0 aromatic carbocycles. The van der Waals surface area contributed by atoms with Crippen LogP contribution in [0.15, 0.2) is 0 Å². The summed E-state index contributed by atoms with van der Waals surface area (Å²) in [5, 5.41) is 1.29. The van der Waals surface area contributed by atoms with Gasteiger partial charge < -0.3 is 0 Å². The van der Waals surface area contributed by atoms with E-state index in [0.29, 0.717) is 0 Å². The summed E-state index contributed by atoms with van der Waals surface area (Å²) in [5.74, 6) is 0. The first kappa shape index (κ1) is 4.86. The molecule has 22 valence electrons. The lowest BCUT2D eigenvalue weighted by atomic mass is 9.87. The van der Waals surface area contributed by atoms with E-state index in [1.807, 2.05) is 0 Å². The van der Waals surface area contributed by atoms with Crippen LogP contribution in [0.2, 0.25) is 6.22 Å². The molecule has 0 aliphatic rings. The van der Waals surface area contributed by atoms with E-state index in [0.717, 1.165) is 0 Å². The van der Waals surface area contributed by atoms with Crippen molar-refractivity contribution >= 4 is 35.4 Å². The van der Waals surface area contributed by atoms with Crippen LogP contribution in [-0.4, -0.2) is 13.0 Å². The summed E-state index contributed by atoms with van der Waals surface area (Å²) in [6, 6.07) is 0. The highest BCUT2D eigenvalue weighted by molar-refractivity contribution is 14.1. The summed E-state index contributed by atoms with van der Waals surface area (Å²) >= 11 is 2.35. The molecule has 0 nitrogen and oxygen atoms in total. The Kier molecular flexibility index (Phi) is 4.69. The van der Waals surface area contributed by atoms with Crippen LogP contribution < -0.4 is 0 Å². The van der Waals surface area contributed by atoms with Crippen molar-refractivity contribution in [1.29, 1.82) is 0 Å². The van der Waals surface area contributed by atoms with E-state index in [-0.39, 0.29) is 0 Å². The molecule has 0 rings (SSSR count). The molecule has 0 fully saturated rings. The fourth-order valence-corrected chi connectivity index (χ4v) is 0. The lowest BCUT2D eigenvalue weighted by Gasteiger charge is -1.60. The maximum absolute atomic E-state index is 2.35. The highest BCUT2D eigenvalue weighted by atomic mass is 127. The Bertz CT molecular complexity index is 8.00. The van der Waals surface area contributed by atoms with E-state index < -0.39 is 0 Å². The topological polar surface area (TPSA) is 0 Å². The van der Waals surface area contributed by atoms with E-state index in [9.17, 15) is 0 Å². The van der Waals surface area contributed by atoms with E-state index in [4.69, 9.17) is 0 Å². The van der Waals surface area contributed by atoms with Crippen LogP contribution in [0.25, 0.3) is 0 Å². The Morgan fingerprint density at radius 3 is 2.25 bits per heavy atom. The van der Waals surface area contributed by atoms with Crippen molar-refractivity contribution in [3.8, 4) is 0 Å². The molecule has 0 aromatic rings. The molecule has 4 heavy (non-hydrogen) atoms. The third kappa shape index (κ3) is 2.86. The van der Waals surface area contributed by atoms with Gasteiger partial charge in [-0.05, 0) is 0 Å². The average molecular weight is 166 g/mol. The van der Waals surface area contributed by atoms with Gasteiger partial charge in [0.25, 0.3) is 0 Å². The molecule has 0 N–H and O–H groups in total. The second kappa shape index (κ2) is 3.86. The fourth-order valence-electron chi connectivity index (χ4n) is 0. The molecule has 0 bridgehead atoms. The Hall–Kier alpha value is 0.860. The molecule has 0 atom stereocenters. The number of halogens is 1. The van der Waals surface area contributed by atoms with Crippen LogP contribution in [0.3, 0.4) is 0 Å². The zero-order chi connectivity index (χ0) is 3.41. The number of hydrogen-bond acceptors (Lipinski definition) is 0. The van der Waals surface area contributed by atoms with Gasteiger partial charge in [0.05, 0.1) is 7.85 Å². The normalized spacial score (nSPS) is 6.25. The Balaban J connectivity index is 1.97. The van der Waals surface area contributed by atoms with Crippen molar-refractivity contribution in [3.63, 3.8) is 0 Å². The molecular weight excluding hydrogens is 161 g/mol. The first-order valence-corrected chi connectivity index (χ1v) is 3.00. The number of rotatable bonds is 1. The highest BCUT2D eigenvalue weighted by Crippen LogP contribution is 1.74. The maximum atomic E-state index is 2.35. The highest BCUT2D eigenvalue weighted by Gasteiger charge is 1.65. The second-order valence-electron chi connectivity index (χ2n) is 0.689. The molecule has 0 spiro atoms. The Morgan fingerprint density at radius 1 is 2.00 bits per heavy atom. The van der Waals surface area contributed by atoms with Crippen LogP contribution in [0.4, 0.5) is 0 Å². The standard InChI is InChI=1S/CH5B2I/c2-1-3-4/h3H,1-2H2. The third-order valence-corrected chi connectivity index (χ3v) is 1.27. The lowest BCUT2D eigenvalue weighted by Crippen LogP contribution is -1.67. The maximum Gasteiger partial charge on any atom is 0.192 e. The van der Waals surface area contributed by atoms with Crippen molar-refractivity contribution in [1.82, 2.24) is 0 Å². The summed E-state index contributed by atoms with van der Waals surface area (Å²) < 4.78 is 0. The van der Waals surface area contributed by atoms with Gasteiger partial charge in [0.1, 0.15) is 0 Å². The van der Waals surface area contributed by atoms with Crippen LogP contribution in [0.5, 0.6) is 0 Å². The van der Waals surface area contributed by atoms with E-state index in [1.165, 1.54) is 11.4 Å². The molecule has 3 heteroatoms. The minimum atomic E-state index is 1.29. The van der Waals surface area contributed by atoms with Crippen molar-refractivity contribution in [2.45, 2.75) is 6.22 Å². The average Bonchev–Trinajstić information content (AvgIpc) is 1.37. The molecule has 0 amide bonds. The summed E-state index contributed by atoms with van der Waals surface area (Å²) in [6.45, 7) is 0. The predicted molar refractivity (Wildman–Crippen MR) is 34.5 cm³/mol. The molecule has 0 heterocycles. The smallest absolute Gasteiger partial charge is 0.156 e. The van der Waals surface area contributed by atoms with Gasteiger partial charge in [0, 0.05) is 0 Å². The zero-order valence-corrected chi connectivity index (χ0v) is 4.95. The van der Waals surface area contributed by atoms with Gasteiger partial charge >= 0.3 is 0 Å². The molecule has 0 unspecified atom stereocenters. The molecule has 0 aliphatic heterocycles. The molecule has 0 aromatic heterocycles. The number of hydrogen-bond donors (Lipinski definition) is 0. The van der Waals surface area contributed by atoms with E-state index in [1.54, 1.807) is 0 Å². The summed E-state index contributed by atoms with van der Waals surface area (Å²) in [7, 11) is 2.17. The third-order valence-electron chi connectivity index (χ3n) is 0.189. The van der Waals surface area contributed by atoms with Gasteiger partial charge in [0.15, 0.2) is 5.14 Å². The molecule has 0 aliphatic carbocycles. The van der Waals surface area contributed by atoms with Crippen LogP contribution >= 0.6 is 22.4 Å². The molecular formula is CH5B2I. The quantitative estimate of drug-likeness (QED) is 0.372. The lowest BCUT2D eigenvalue weighted by molar-refractivity contribution is 2.13. The van der Waals surface area contributed by atoms with Crippen LogP contribution in [0.1, 0.15) is 0 Å². The van der Waals surface area contributed by atoms with Gasteiger partial charge in [-0.1, -0.05) is 6.22 Å². The predicted octanol–water partition coefficient (Wildman–Crippen LogP) is -0.218. The minimum Gasteiger partial charge on any atom is -0.156 e. The first-order valence-electron chi connectivity index (χ1n) is 1.47. The van der Waals surface area contributed by atoms with Crippen molar-refractivity contribution in [3.05, 3.63) is 0 Å². The van der Waals surface area contributed by atoms with E-state index >= 15 is 0 Å². The molecule has 0 radical (unpaired) electrons. The van der Waals surface area contributed by atoms with Crippen molar-refractivity contribution < 1.29 is 0 Å². The van der Waals surface area contributed by atoms with Gasteiger partial charge in [-0.15, -0.1) is 0 Å². The summed E-state index contributed by atoms with van der Waals surface area (Å²) in [6.07, 6.45) is 1.31. The van der Waals surface area contributed by atoms with Gasteiger partial charge in [-0.25, -0.2) is 0 Å². The first-order chi connectivity index (χ1) is 1.91. The van der Waals surface area contributed by atoms with Gasteiger partial charge in [-0.2, -0.15) is 22.4 Å². The van der Waals surface area contributed by atoms with Crippen molar-refractivity contribution in [2.75, 3.05) is 0 Å². The minimum absolute atomic E-state index is 1.29. The van der Waals surface area contributed by atoms with Gasteiger partial charge in [-0.3, -0.25) is 0 Å². The zero-order valence-electron chi connectivity index (χ0n) is 2.79. The van der Waals surface area contributed by atoms with E-state index in [2.05, 4.69) is 30.2 Å². The SMILES string of the molecule is BCBI. The van der Waals surface area contributed by atoms with Crippen LogP contribution in [0, 0.1) is 0 Å². The molecule has 0 saturated carbocycles. The second-order valence-corrected chi connectivity index (χ2v) is 1.77. The fraction of sp³-hybridized carbons (Fsp3) is 1.00. The Labute approximate surface area is 41.9 Å². The summed E-state index contributed by atoms with van der Waals surface area (Å²) in [4.78, 5) is 0. The van der Waals surface area contributed by atoms with Crippen molar-refractivity contribution in [2.24, 2.45) is 0 Å². The van der Waals surface area contributed by atoms with Crippen LogP contribution in [-0.2, 0) is 0 Å². The monoisotopic (exact) mass is 166 g/mol. The molecule has 0 saturated heterocycles. The summed E-state index contributed by atoms with van der Waals surface area (Å²) in [5.41, 5.74) is 0. The Morgan fingerprint density at radius 2 is 2.25 bits per heavy atom. The van der Waals surface area contributed by atoms with Gasteiger partial charge in [0.2, 0.25) is 0 Å².